The van der Waals surface area contributed by atoms with E-state index in [0.717, 1.165) is 6.07 Å². The predicted molar refractivity (Wildman–Crippen MR) is 137 cm³/mol. The standard InChI is InChI=1S/C28H21ClF2N2O4/c1-15-10-19(14-32-27(15)34)26(33-37)13-23(21-9-7-20(29)12-25(21)31)17-4-2-16(3-5-17)18-6-8-22(28(35)36)24(30)11-18/h2-12,14,23,37H,13H2,1H3,(H,32,34)(H,35,36)/b33-26+. The van der Waals surface area contributed by atoms with Gasteiger partial charge in [-0.05, 0) is 59.5 Å². The third-order valence-corrected chi connectivity index (χ3v) is 6.36. The predicted octanol–water partition coefficient (Wildman–Crippen LogP) is 6.38. The molecule has 4 rings (SSSR count). The van der Waals surface area contributed by atoms with E-state index in [1.165, 1.54) is 24.4 Å². The Morgan fingerprint density at radius 1 is 1.00 bits per heavy atom. The molecule has 1 heterocycles. The molecular weight excluding hydrogens is 502 g/mol. The maximum absolute atomic E-state index is 15.0. The number of carbonyl (C=O) groups is 1. The number of pyridine rings is 1. The SMILES string of the molecule is Cc1cc(/C(CC(c2ccc(-c3ccc(C(=O)O)c(F)c3)cc2)c2ccc(Cl)cc2F)=N/O)c[nH]c1=O. The molecular formula is C28H21ClF2N2O4. The minimum absolute atomic E-state index is 0.0851. The zero-order valence-electron chi connectivity index (χ0n) is 19.5. The van der Waals surface area contributed by atoms with Crippen LogP contribution in [0.25, 0.3) is 11.1 Å². The Labute approximate surface area is 215 Å². The van der Waals surface area contributed by atoms with Crippen LogP contribution < -0.4 is 5.56 Å². The largest absolute Gasteiger partial charge is 0.478 e. The molecule has 1 atom stereocenters. The van der Waals surface area contributed by atoms with Gasteiger partial charge in [0.05, 0.1) is 11.3 Å². The van der Waals surface area contributed by atoms with Gasteiger partial charge < -0.3 is 15.3 Å². The average Bonchev–Trinajstić information content (AvgIpc) is 2.87. The average molecular weight is 523 g/mol. The highest BCUT2D eigenvalue weighted by atomic mass is 35.5. The fraction of sp³-hybridized carbons (Fsp3) is 0.107. The fourth-order valence-electron chi connectivity index (χ4n) is 4.14. The zero-order chi connectivity index (χ0) is 26.7. The van der Waals surface area contributed by atoms with Crippen LogP contribution in [0.3, 0.4) is 0 Å². The number of carboxylic acids is 1. The number of hydrogen-bond acceptors (Lipinski definition) is 4. The van der Waals surface area contributed by atoms with Gasteiger partial charge in [0.15, 0.2) is 0 Å². The first-order chi connectivity index (χ1) is 17.7. The van der Waals surface area contributed by atoms with Crippen LogP contribution in [0.1, 0.15) is 45.0 Å². The van der Waals surface area contributed by atoms with Crippen LogP contribution in [0, 0.1) is 18.6 Å². The lowest BCUT2D eigenvalue weighted by Crippen LogP contribution is -2.15. The molecule has 6 nitrogen and oxygen atoms in total. The van der Waals surface area contributed by atoms with Gasteiger partial charge >= 0.3 is 5.97 Å². The van der Waals surface area contributed by atoms with Crippen LogP contribution >= 0.6 is 11.6 Å². The monoisotopic (exact) mass is 522 g/mol. The summed E-state index contributed by atoms with van der Waals surface area (Å²) in [5, 5.41) is 22.5. The second-order valence-corrected chi connectivity index (χ2v) is 8.93. The lowest BCUT2D eigenvalue weighted by Gasteiger charge is -2.20. The molecule has 3 N–H and O–H groups in total. The van der Waals surface area contributed by atoms with E-state index in [4.69, 9.17) is 16.7 Å². The van der Waals surface area contributed by atoms with Gasteiger partial charge in [-0.3, -0.25) is 4.79 Å². The van der Waals surface area contributed by atoms with Crippen molar-refractivity contribution < 1.29 is 23.9 Å². The summed E-state index contributed by atoms with van der Waals surface area (Å²) in [4.78, 5) is 25.5. The van der Waals surface area contributed by atoms with Crippen molar-refractivity contribution >= 4 is 23.3 Å². The number of halogens is 3. The highest BCUT2D eigenvalue weighted by Gasteiger charge is 2.23. The molecule has 1 unspecified atom stereocenters. The van der Waals surface area contributed by atoms with Gasteiger partial charge in [0.1, 0.15) is 11.6 Å². The Hall–Kier alpha value is -4.30. The van der Waals surface area contributed by atoms with Crippen molar-refractivity contribution in [3.05, 3.63) is 128 Å². The number of hydrogen-bond donors (Lipinski definition) is 3. The third kappa shape index (κ3) is 5.59. The van der Waals surface area contributed by atoms with Gasteiger partial charge in [-0.2, -0.15) is 0 Å². The molecule has 1 aromatic heterocycles. The van der Waals surface area contributed by atoms with Gasteiger partial charge in [-0.25, -0.2) is 13.6 Å². The summed E-state index contributed by atoms with van der Waals surface area (Å²) in [6.07, 6.45) is 1.51. The summed E-state index contributed by atoms with van der Waals surface area (Å²) in [7, 11) is 0. The topological polar surface area (TPSA) is 103 Å². The summed E-state index contributed by atoms with van der Waals surface area (Å²) in [6.45, 7) is 1.62. The van der Waals surface area contributed by atoms with Gasteiger partial charge in [-0.15, -0.1) is 0 Å². The van der Waals surface area contributed by atoms with Crippen LogP contribution in [0.4, 0.5) is 8.78 Å². The highest BCUT2D eigenvalue weighted by Crippen LogP contribution is 2.34. The molecule has 0 amide bonds. The van der Waals surface area contributed by atoms with E-state index in [-0.39, 0.29) is 22.7 Å². The molecule has 9 heteroatoms. The lowest BCUT2D eigenvalue weighted by molar-refractivity contribution is 0.0692. The molecule has 0 saturated carbocycles. The Balaban J connectivity index is 1.74. The Kier molecular flexibility index (Phi) is 7.50. The van der Waals surface area contributed by atoms with Crippen molar-refractivity contribution in [3.8, 4) is 11.1 Å². The van der Waals surface area contributed by atoms with E-state index in [1.807, 2.05) is 0 Å². The summed E-state index contributed by atoms with van der Waals surface area (Å²) in [5.74, 6) is -3.35. The van der Waals surface area contributed by atoms with Gasteiger partial charge in [0.2, 0.25) is 0 Å². The number of aromatic carboxylic acids is 1. The molecule has 4 aromatic rings. The second kappa shape index (κ2) is 10.8. The van der Waals surface area contributed by atoms with Crippen molar-refractivity contribution in [1.82, 2.24) is 4.98 Å². The van der Waals surface area contributed by atoms with E-state index in [1.54, 1.807) is 49.4 Å². The molecule has 188 valence electrons. The van der Waals surface area contributed by atoms with Crippen molar-refractivity contribution in [2.24, 2.45) is 5.16 Å². The van der Waals surface area contributed by atoms with E-state index in [2.05, 4.69) is 10.1 Å². The molecule has 0 aliphatic rings. The number of H-pyrrole nitrogens is 1. The molecule has 0 radical (unpaired) electrons. The van der Waals surface area contributed by atoms with E-state index < -0.39 is 29.1 Å². The minimum atomic E-state index is -1.36. The van der Waals surface area contributed by atoms with Crippen LogP contribution in [-0.4, -0.2) is 27.0 Å². The quantitative estimate of drug-likeness (QED) is 0.149. The Morgan fingerprint density at radius 3 is 2.30 bits per heavy atom. The molecule has 37 heavy (non-hydrogen) atoms. The van der Waals surface area contributed by atoms with Crippen LogP contribution in [0.15, 0.2) is 82.9 Å². The molecule has 0 fully saturated rings. The normalized spacial score (nSPS) is 12.4. The van der Waals surface area contributed by atoms with Gasteiger partial charge in [0, 0.05) is 34.7 Å². The number of nitrogens with zero attached hydrogens (tertiary/aromatic N) is 1. The number of nitrogens with one attached hydrogen (secondary N) is 1. The smallest absolute Gasteiger partial charge is 0.338 e. The number of aryl methyl sites for hydroxylation is 1. The summed E-state index contributed by atoms with van der Waals surface area (Å²) in [6, 6.07) is 16.7. The summed E-state index contributed by atoms with van der Waals surface area (Å²) < 4.78 is 29.2. The minimum Gasteiger partial charge on any atom is -0.478 e. The third-order valence-electron chi connectivity index (χ3n) is 6.12. The maximum atomic E-state index is 15.0. The van der Waals surface area contributed by atoms with Crippen molar-refractivity contribution in [2.75, 3.05) is 0 Å². The van der Waals surface area contributed by atoms with Crippen molar-refractivity contribution in [2.45, 2.75) is 19.3 Å². The number of carboxylic acid groups (broad SMARTS) is 1. The number of aromatic amines is 1. The number of oxime groups is 1. The summed E-state index contributed by atoms with van der Waals surface area (Å²) in [5.41, 5.74) is 2.53. The number of aromatic nitrogens is 1. The van der Waals surface area contributed by atoms with E-state index in [0.29, 0.717) is 33.4 Å². The number of benzene rings is 3. The molecule has 3 aromatic carbocycles. The molecule has 0 saturated heterocycles. The number of rotatable bonds is 7. The first-order valence-corrected chi connectivity index (χ1v) is 11.5. The Bertz CT molecular complexity index is 1570. The first-order valence-electron chi connectivity index (χ1n) is 11.2. The highest BCUT2D eigenvalue weighted by molar-refractivity contribution is 6.30. The molecule has 0 aliphatic carbocycles. The second-order valence-electron chi connectivity index (χ2n) is 8.49. The zero-order valence-corrected chi connectivity index (χ0v) is 20.3. The van der Waals surface area contributed by atoms with Gasteiger partial charge in [0.25, 0.3) is 5.56 Å². The van der Waals surface area contributed by atoms with Crippen LogP contribution in [0.5, 0.6) is 0 Å². The van der Waals surface area contributed by atoms with E-state index in [9.17, 15) is 19.2 Å². The Morgan fingerprint density at radius 2 is 1.70 bits per heavy atom. The van der Waals surface area contributed by atoms with Gasteiger partial charge in [-0.1, -0.05) is 53.2 Å². The van der Waals surface area contributed by atoms with Crippen molar-refractivity contribution in [1.29, 1.82) is 0 Å². The fourth-order valence-corrected chi connectivity index (χ4v) is 4.30. The first kappa shape index (κ1) is 25.8. The van der Waals surface area contributed by atoms with Crippen molar-refractivity contribution in [3.63, 3.8) is 0 Å². The summed E-state index contributed by atoms with van der Waals surface area (Å²) >= 11 is 5.96. The van der Waals surface area contributed by atoms with Crippen LogP contribution in [-0.2, 0) is 0 Å². The van der Waals surface area contributed by atoms with Crippen LogP contribution in [0.2, 0.25) is 5.02 Å². The molecule has 0 bridgehead atoms. The molecule has 0 spiro atoms. The molecule has 0 aliphatic heterocycles. The lowest BCUT2D eigenvalue weighted by atomic mass is 9.84. The maximum Gasteiger partial charge on any atom is 0.338 e. The van der Waals surface area contributed by atoms with E-state index >= 15 is 4.39 Å².